The van der Waals surface area contributed by atoms with Crippen LogP contribution in [0.5, 0.6) is 5.75 Å². The van der Waals surface area contributed by atoms with Gasteiger partial charge in [0.15, 0.2) is 0 Å². The number of aromatic nitrogens is 6. The molecule has 0 unspecified atom stereocenters. The summed E-state index contributed by atoms with van der Waals surface area (Å²) in [6.45, 7) is 1.18. The van der Waals surface area contributed by atoms with Crippen molar-refractivity contribution in [1.29, 1.82) is 0 Å². The molecule has 0 amide bonds. The largest absolute Gasteiger partial charge is 0.493 e. The highest BCUT2D eigenvalue weighted by Gasteiger charge is 2.25. The average Bonchev–Trinajstić information content (AvgIpc) is 3.63. The maximum atomic E-state index is 12.5. The van der Waals surface area contributed by atoms with Gasteiger partial charge in [-0.3, -0.25) is 14.6 Å². The first-order valence-corrected chi connectivity index (χ1v) is 13.9. The molecule has 0 radical (unpaired) electrons. The van der Waals surface area contributed by atoms with Gasteiger partial charge in [0.05, 0.1) is 23.6 Å². The van der Waals surface area contributed by atoms with Crippen LogP contribution in [0.3, 0.4) is 0 Å². The predicted octanol–water partition coefficient (Wildman–Crippen LogP) is 4.08. The standard InChI is InChI=1S/C27H26N6O3S/c1-32-15-13-30-27(32)37(34,35)17-5-16-36-19-8-9-20-21(10-12-29-23(20)18-19)25-24-7-4-14-33(24)31-26(25)22-6-2-3-11-28-22/h2-3,6,8-13,15,18H,4-5,7,14,16-17H2,1H3. The number of hydrogen-bond acceptors (Lipinski definition) is 7. The lowest BCUT2D eigenvalue weighted by Crippen LogP contribution is -2.14. The zero-order valence-corrected chi connectivity index (χ0v) is 21.2. The number of sulfone groups is 1. The number of ether oxygens (including phenoxy) is 1. The predicted molar refractivity (Wildman–Crippen MR) is 140 cm³/mol. The molecule has 0 bridgehead atoms. The third-order valence-corrected chi connectivity index (χ3v) is 8.39. The summed E-state index contributed by atoms with van der Waals surface area (Å²) in [5.41, 5.74) is 5.95. The number of imidazole rings is 1. The third-order valence-electron chi connectivity index (χ3n) is 6.61. The Morgan fingerprint density at radius 2 is 1.95 bits per heavy atom. The summed E-state index contributed by atoms with van der Waals surface area (Å²) in [4.78, 5) is 13.1. The zero-order chi connectivity index (χ0) is 25.4. The van der Waals surface area contributed by atoms with Crippen LogP contribution in [0.1, 0.15) is 18.5 Å². The van der Waals surface area contributed by atoms with Crippen molar-refractivity contribution < 1.29 is 13.2 Å². The molecule has 6 rings (SSSR count). The number of rotatable bonds is 8. The van der Waals surface area contributed by atoms with Gasteiger partial charge in [-0.15, -0.1) is 0 Å². The maximum absolute atomic E-state index is 12.5. The van der Waals surface area contributed by atoms with Crippen LogP contribution in [0.15, 0.2) is 72.4 Å². The Morgan fingerprint density at radius 1 is 1.03 bits per heavy atom. The van der Waals surface area contributed by atoms with E-state index in [0.717, 1.165) is 52.8 Å². The molecule has 0 N–H and O–H groups in total. The number of aryl methyl sites for hydroxylation is 2. The second kappa shape index (κ2) is 9.44. The molecule has 0 atom stereocenters. The molecule has 0 saturated heterocycles. The molecule has 1 aromatic carbocycles. The average molecular weight is 515 g/mol. The SMILES string of the molecule is Cn1ccnc1S(=O)(=O)CCCOc1ccc2c(-c3c(-c4ccccn4)nn4c3CCC4)ccnc2c1. The van der Waals surface area contributed by atoms with E-state index in [1.54, 1.807) is 19.4 Å². The van der Waals surface area contributed by atoms with Crippen molar-refractivity contribution in [3.8, 4) is 28.3 Å². The molecule has 188 valence electrons. The zero-order valence-electron chi connectivity index (χ0n) is 20.4. The first-order valence-electron chi connectivity index (χ1n) is 12.2. The van der Waals surface area contributed by atoms with Crippen LogP contribution < -0.4 is 4.74 Å². The molecular formula is C27H26N6O3S. The van der Waals surface area contributed by atoms with E-state index in [1.165, 1.54) is 16.5 Å². The molecule has 5 aromatic rings. The minimum atomic E-state index is -3.45. The van der Waals surface area contributed by atoms with Gasteiger partial charge in [0, 0.05) is 61.1 Å². The molecule has 1 aliphatic rings. The van der Waals surface area contributed by atoms with Crippen molar-refractivity contribution in [2.24, 2.45) is 7.05 Å². The Morgan fingerprint density at radius 3 is 2.76 bits per heavy atom. The Balaban J connectivity index is 1.25. The van der Waals surface area contributed by atoms with Gasteiger partial charge in [0.1, 0.15) is 11.4 Å². The minimum Gasteiger partial charge on any atom is -0.493 e. The van der Waals surface area contributed by atoms with Gasteiger partial charge in [0.2, 0.25) is 15.0 Å². The fraction of sp³-hybridized carbons (Fsp3) is 0.259. The summed E-state index contributed by atoms with van der Waals surface area (Å²) in [6, 6.07) is 13.7. The summed E-state index contributed by atoms with van der Waals surface area (Å²) >= 11 is 0. The molecule has 0 fully saturated rings. The highest BCUT2D eigenvalue weighted by Crippen LogP contribution is 2.40. The molecule has 9 nitrogen and oxygen atoms in total. The van der Waals surface area contributed by atoms with E-state index in [2.05, 4.69) is 19.6 Å². The molecule has 10 heteroatoms. The van der Waals surface area contributed by atoms with E-state index in [0.29, 0.717) is 12.2 Å². The van der Waals surface area contributed by atoms with Crippen LogP contribution in [0, 0.1) is 0 Å². The second-order valence-corrected chi connectivity index (χ2v) is 11.1. The van der Waals surface area contributed by atoms with Gasteiger partial charge in [-0.2, -0.15) is 5.10 Å². The Bertz CT molecular complexity index is 1690. The molecule has 0 aliphatic carbocycles. The summed E-state index contributed by atoms with van der Waals surface area (Å²) in [7, 11) is -1.78. The second-order valence-electron chi connectivity index (χ2n) is 9.09. The van der Waals surface area contributed by atoms with Crippen LogP contribution >= 0.6 is 0 Å². The van der Waals surface area contributed by atoms with Gasteiger partial charge in [-0.05, 0) is 55.2 Å². The van der Waals surface area contributed by atoms with Crippen LogP contribution in [-0.2, 0) is 29.9 Å². The Kier molecular flexibility index (Phi) is 5.96. The highest BCUT2D eigenvalue weighted by molar-refractivity contribution is 7.91. The monoisotopic (exact) mass is 514 g/mol. The van der Waals surface area contributed by atoms with Crippen LogP contribution in [0.2, 0.25) is 0 Å². The molecule has 0 spiro atoms. The minimum absolute atomic E-state index is 0.0309. The van der Waals surface area contributed by atoms with Gasteiger partial charge in [0.25, 0.3) is 0 Å². The normalized spacial score (nSPS) is 13.2. The maximum Gasteiger partial charge on any atom is 0.227 e. The number of nitrogens with zero attached hydrogens (tertiary/aromatic N) is 6. The summed E-state index contributed by atoms with van der Waals surface area (Å²) in [6.07, 6.45) is 9.11. The van der Waals surface area contributed by atoms with Crippen molar-refractivity contribution in [1.82, 2.24) is 29.3 Å². The van der Waals surface area contributed by atoms with Gasteiger partial charge in [-0.25, -0.2) is 13.4 Å². The van der Waals surface area contributed by atoms with Crippen molar-refractivity contribution >= 4 is 20.7 Å². The van der Waals surface area contributed by atoms with Crippen molar-refractivity contribution in [2.45, 2.75) is 31.0 Å². The lowest BCUT2D eigenvalue weighted by atomic mass is 9.96. The summed E-state index contributed by atoms with van der Waals surface area (Å²) in [5.74, 6) is 0.619. The summed E-state index contributed by atoms with van der Waals surface area (Å²) < 4.78 is 34.5. The van der Waals surface area contributed by atoms with Gasteiger partial charge in [-0.1, -0.05) is 6.07 Å². The number of hydrogen-bond donors (Lipinski definition) is 0. The van der Waals surface area contributed by atoms with E-state index in [-0.39, 0.29) is 17.5 Å². The van der Waals surface area contributed by atoms with Gasteiger partial charge < -0.3 is 9.30 Å². The van der Waals surface area contributed by atoms with Crippen molar-refractivity contribution in [2.75, 3.05) is 12.4 Å². The quantitative estimate of drug-likeness (QED) is 0.287. The summed E-state index contributed by atoms with van der Waals surface area (Å²) in [5, 5.41) is 5.99. The molecule has 0 saturated carbocycles. The fourth-order valence-electron chi connectivity index (χ4n) is 4.91. The van der Waals surface area contributed by atoms with E-state index in [4.69, 9.17) is 9.84 Å². The molecule has 5 heterocycles. The smallest absolute Gasteiger partial charge is 0.227 e. The van der Waals surface area contributed by atoms with E-state index in [9.17, 15) is 8.42 Å². The van der Waals surface area contributed by atoms with Gasteiger partial charge >= 0.3 is 0 Å². The lowest BCUT2D eigenvalue weighted by molar-refractivity contribution is 0.318. The molecule has 37 heavy (non-hydrogen) atoms. The van der Waals surface area contributed by atoms with E-state index >= 15 is 0 Å². The Labute approximate surface area is 214 Å². The first kappa shape index (κ1) is 23.4. The van der Waals surface area contributed by atoms with Crippen molar-refractivity contribution in [3.05, 3.63) is 72.9 Å². The third kappa shape index (κ3) is 4.37. The van der Waals surface area contributed by atoms with Crippen molar-refractivity contribution in [3.63, 3.8) is 0 Å². The highest BCUT2D eigenvalue weighted by atomic mass is 32.2. The van der Waals surface area contributed by atoms with Crippen LogP contribution in [0.4, 0.5) is 0 Å². The lowest BCUT2D eigenvalue weighted by Gasteiger charge is -2.11. The molecule has 4 aromatic heterocycles. The van der Waals surface area contributed by atoms with Crippen LogP contribution in [0.25, 0.3) is 33.4 Å². The Hall–Kier alpha value is -4.05. The molecular weight excluding hydrogens is 488 g/mol. The topological polar surface area (TPSA) is 105 Å². The fourth-order valence-corrected chi connectivity index (χ4v) is 6.32. The number of fused-ring (bicyclic) bond motifs is 2. The number of benzene rings is 1. The van der Waals surface area contributed by atoms with E-state index < -0.39 is 9.84 Å². The first-order chi connectivity index (χ1) is 18.0. The number of pyridine rings is 2. The van der Waals surface area contributed by atoms with E-state index in [1.807, 2.05) is 48.7 Å². The van der Waals surface area contributed by atoms with Crippen LogP contribution in [-0.4, -0.2) is 50.1 Å². The molecule has 1 aliphatic heterocycles.